The summed E-state index contributed by atoms with van der Waals surface area (Å²) in [4.78, 5) is 13.3. The minimum Gasteiger partial charge on any atom is -0.271 e. The first kappa shape index (κ1) is 11.2. The molecule has 4 heteroatoms. The van der Waals surface area contributed by atoms with Crippen molar-refractivity contribution in [3.8, 4) is 11.1 Å². The average molecular weight is 259 g/mol. The second-order valence-electron chi connectivity index (χ2n) is 4.11. The van der Waals surface area contributed by atoms with Crippen molar-refractivity contribution in [1.29, 1.82) is 0 Å². The molecule has 1 aromatic carbocycles. The van der Waals surface area contributed by atoms with Gasteiger partial charge in [0.2, 0.25) is 0 Å². The number of hydrogen-bond acceptors (Lipinski definition) is 2. The van der Waals surface area contributed by atoms with Crippen LogP contribution in [0.15, 0.2) is 46.6 Å². The van der Waals surface area contributed by atoms with E-state index in [1.165, 1.54) is 23.5 Å². The van der Waals surface area contributed by atoms with Crippen molar-refractivity contribution >= 4 is 16.2 Å². The second kappa shape index (κ2) is 4.07. The van der Waals surface area contributed by atoms with Crippen molar-refractivity contribution in [2.75, 3.05) is 0 Å². The molecule has 2 heterocycles. The predicted octanol–water partition coefficient (Wildman–Crippen LogP) is 3.48. The Balaban J connectivity index is 2.34. The molecule has 18 heavy (non-hydrogen) atoms. The number of halogens is 1. The highest BCUT2D eigenvalue weighted by Crippen LogP contribution is 2.20. The van der Waals surface area contributed by atoms with Crippen LogP contribution >= 0.6 is 11.3 Å². The molecular weight excluding hydrogens is 249 g/mol. The Bertz CT molecular complexity index is 788. The zero-order valence-electron chi connectivity index (χ0n) is 9.68. The van der Waals surface area contributed by atoms with E-state index >= 15 is 0 Å². The maximum Gasteiger partial charge on any atom is 0.263 e. The number of aromatic nitrogens is 1. The number of thiazole rings is 1. The standard InChI is InChI=1S/C14H10FNOS/c1-9-8-18-13-6-5-12(14(17)16(9)13)10-3-2-4-11(15)7-10/h2-8H,1H3. The lowest BCUT2D eigenvalue weighted by Gasteiger charge is -2.03. The topological polar surface area (TPSA) is 21.5 Å². The van der Waals surface area contributed by atoms with Crippen molar-refractivity contribution in [3.63, 3.8) is 0 Å². The molecule has 2 nitrogen and oxygen atoms in total. The molecule has 0 aliphatic carbocycles. The normalized spacial score (nSPS) is 11.0. The maximum atomic E-state index is 13.2. The van der Waals surface area contributed by atoms with Crippen LogP contribution in [0.25, 0.3) is 16.0 Å². The molecule has 0 atom stereocenters. The largest absolute Gasteiger partial charge is 0.271 e. The summed E-state index contributed by atoms with van der Waals surface area (Å²) in [5.74, 6) is -0.334. The van der Waals surface area contributed by atoms with Crippen LogP contribution in [0.1, 0.15) is 5.69 Å². The van der Waals surface area contributed by atoms with Gasteiger partial charge in [0.1, 0.15) is 10.6 Å². The molecule has 0 N–H and O–H groups in total. The van der Waals surface area contributed by atoms with Gasteiger partial charge < -0.3 is 0 Å². The van der Waals surface area contributed by atoms with Crippen LogP contribution in [0, 0.1) is 12.7 Å². The quantitative estimate of drug-likeness (QED) is 0.655. The van der Waals surface area contributed by atoms with Crippen molar-refractivity contribution in [3.05, 3.63) is 63.6 Å². The van der Waals surface area contributed by atoms with Crippen LogP contribution < -0.4 is 5.56 Å². The SMILES string of the molecule is Cc1csc2ccc(-c3cccc(F)c3)c(=O)n12. The molecule has 0 aliphatic rings. The molecule has 3 rings (SSSR count). The van der Waals surface area contributed by atoms with Crippen LogP contribution in [0.2, 0.25) is 0 Å². The van der Waals surface area contributed by atoms with E-state index in [1.54, 1.807) is 22.6 Å². The Hall–Kier alpha value is -1.94. The van der Waals surface area contributed by atoms with E-state index in [4.69, 9.17) is 0 Å². The monoisotopic (exact) mass is 259 g/mol. The van der Waals surface area contributed by atoms with E-state index in [-0.39, 0.29) is 11.4 Å². The van der Waals surface area contributed by atoms with Crippen LogP contribution in [-0.2, 0) is 0 Å². The molecule has 0 saturated heterocycles. The number of benzene rings is 1. The van der Waals surface area contributed by atoms with Crippen molar-refractivity contribution in [2.24, 2.45) is 0 Å². The summed E-state index contributed by atoms with van der Waals surface area (Å²) in [6, 6.07) is 9.75. The third-order valence-electron chi connectivity index (χ3n) is 2.89. The third-order valence-corrected chi connectivity index (χ3v) is 3.90. The first-order valence-corrected chi connectivity index (χ1v) is 6.40. The van der Waals surface area contributed by atoms with E-state index in [2.05, 4.69) is 0 Å². The lowest BCUT2D eigenvalue weighted by atomic mass is 10.1. The van der Waals surface area contributed by atoms with Gasteiger partial charge in [0, 0.05) is 16.6 Å². The number of fused-ring (bicyclic) bond motifs is 1. The average Bonchev–Trinajstić information content (AvgIpc) is 2.72. The maximum absolute atomic E-state index is 13.2. The van der Waals surface area contributed by atoms with E-state index in [0.717, 1.165) is 10.5 Å². The predicted molar refractivity (Wildman–Crippen MR) is 71.7 cm³/mol. The van der Waals surface area contributed by atoms with Gasteiger partial charge in [-0.25, -0.2) is 4.39 Å². The fraction of sp³-hybridized carbons (Fsp3) is 0.0714. The molecular formula is C14H10FNOS. The van der Waals surface area contributed by atoms with Crippen LogP contribution in [0.4, 0.5) is 4.39 Å². The molecule has 0 radical (unpaired) electrons. The Kier molecular flexibility index (Phi) is 2.52. The van der Waals surface area contributed by atoms with Crippen molar-refractivity contribution in [2.45, 2.75) is 6.92 Å². The van der Waals surface area contributed by atoms with Crippen molar-refractivity contribution < 1.29 is 4.39 Å². The van der Waals surface area contributed by atoms with E-state index in [1.807, 2.05) is 18.4 Å². The van der Waals surface area contributed by atoms with Gasteiger partial charge >= 0.3 is 0 Å². The van der Waals surface area contributed by atoms with Gasteiger partial charge in [0.25, 0.3) is 5.56 Å². The Morgan fingerprint density at radius 1 is 1.22 bits per heavy atom. The number of aryl methyl sites for hydroxylation is 1. The lowest BCUT2D eigenvalue weighted by molar-refractivity contribution is 0.628. The van der Waals surface area contributed by atoms with E-state index in [9.17, 15) is 9.18 Å². The summed E-state index contributed by atoms with van der Waals surface area (Å²) in [5, 5.41) is 1.94. The van der Waals surface area contributed by atoms with Gasteiger partial charge in [-0.15, -0.1) is 11.3 Å². The summed E-state index contributed by atoms with van der Waals surface area (Å²) in [7, 11) is 0. The summed E-state index contributed by atoms with van der Waals surface area (Å²) in [6.45, 7) is 1.89. The fourth-order valence-electron chi connectivity index (χ4n) is 2.02. The van der Waals surface area contributed by atoms with E-state index < -0.39 is 0 Å². The van der Waals surface area contributed by atoms with Crippen LogP contribution in [0.5, 0.6) is 0 Å². The lowest BCUT2D eigenvalue weighted by Crippen LogP contribution is -2.15. The number of rotatable bonds is 1. The van der Waals surface area contributed by atoms with E-state index in [0.29, 0.717) is 11.1 Å². The molecule has 0 unspecified atom stereocenters. The molecule has 90 valence electrons. The second-order valence-corrected chi connectivity index (χ2v) is 5.00. The third kappa shape index (κ3) is 1.66. The highest BCUT2D eigenvalue weighted by molar-refractivity contribution is 7.15. The summed E-state index contributed by atoms with van der Waals surface area (Å²) in [5.41, 5.74) is 1.93. The molecule has 0 spiro atoms. The number of nitrogens with zero attached hydrogens (tertiary/aromatic N) is 1. The summed E-state index contributed by atoms with van der Waals surface area (Å²) < 4.78 is 14.9. The van der Waals surface area contributed by atoms with Crippen LogP contribution in [0.3, 0.4) is 0 Å². The molecule has 3 aromatic rings. The van der Waals surface area contributed by atoms with Gasteiger partial charge in [0.05, 0.1) is 0 Å². The first-order valence-electron chi connectivity index (χ1n) is 5.52. The van der Waals surface area contributed by atoms with Crippen LogP contribution in [-0.4, -0.2) is 4.40 Å². The molecule has 2 aromatic heterocycles. The summed E-state index contributed by atoms with van der Waals surface area (Å²) in [6.07, 6.45) is 0. The molecule has 0 amide bonds. The van der Waals surface area contributed by atoms with Gasteiger partial charge in [-0.3, -0.25) is 9.20 Å². The molecule has 0 aliphatic heterocycles. The highest BCUT2D eigenvalue weighted by Gasteiger charge is 2.09. The van der Waals surface area contributed by atoms with Gasteiger partial charge in [-0.2, -0.15) is 0 Å². The van der Waals surface area contributed by atoms with Gasteiger partial charge in [-0.05, 0) is 36.8 Å². The minimum absolute atomic E-state index is 0.100. The minimum atomic E-state index is -0.334. The summed E-state index contributed by atoms with van der Waals surface area (Å²) >= 11 is 1.52. The zero-order valence-corrected chi connectivity index (χ0v) is 10.5. The number of hydrogen-bond donors (Lipinski definition) is 0. The highest BCUT2D eigenvalue weighted by atomic mass is 32.1. The first-order chi connectivity index (χ1) is 8.66. The molecule has 0 fully saturated rings. The molecule has 0 saturated carbocycles. The Morgan fingerprint density at radius 3 is 2.83 bits per heavy atom. The van der Waals surface area contributed by atoms with Gasteiger partial charge in [0.15, 0.2) is 0 Å². The number of pyridine rings is 1. The Morgan fingerprint density at radius 2 is 2.06 bits per heavy atom. The smallest absolute Gasteiger partial charge is 0.263 e. The molecule has 0 bridgehead atoms. The van der Waals surface area contributed by atoms with Gasteiger partial charge in [-0.1, -0.05) is 12.1 Å². The van der Waals surface area contributed by atoms with Crippen molar-refractivity contribution in [1.82, 2.24) is 4.40 Å². The Labute approximate surface area is 107 Å². The fourth-order valence-corrected chi connectivity index (χ4v) is 2.90. The zero-order chi connectivity index (χ0) is 12.7.